The molecule has 2 saturated heterocycles. The average molecular weight is 615 g/mol. The molecule has 3 aromatic rings. The minimum absolute atomic E-state index is 0.0124. The number of aromatic nitrogens is 5. The van der Waals surface area contributed by atoms with E-state index < -0.39 is 35.1 Å². The molecule has 0 saturated carbocycles. The summed E-state index contributed by atoms with van der Waals surface area (Å²) in [6, 6.07) is 5.10. The molecule has 42 heavy (non-hydrogen) atoms. The maximum Gasteiger partial charge on any atom is 0.230 e. The van der Waals surface area contributed by atoms with Crippen LogP contribution in [0.4, 0.5) is 5.82 Å². The van der Waals surface area contributed by atoms with Gasteiger partial charge in [0, 0.05) is 58.4 Å². The molecule has 15 heteroatoms. The van der Waals surface area contributed by atoms with Crippen LogP contribution in [0.3, 0.4) is 0 Å². The fraction of sp³-hybridized carbons (Fsp3) is 0.593. The Labute approximate surface area is 246 Å². The van der Waals surface area contributed by atoms with Crippen LogP contribution < -0.4 is 4.90 Å². The van der Waals surface area contributed by atoms with Crippen molar-refractivity contribution >= 4 is 40.9 Å². The highest BCUT2D eigenvalue weighted by Gasteiger charge is 2.51. The van der Waals surface area contributed by atoms with Crippen LogP contribution in [0.2, 0.25) is 25.7 Å². The van der Waals surface area contributed by atoms with Crippen LogP contribution >= 0.6 is 0 Å². The van der Waals surface area contributed by atoms with Crippen LogP contribution in [-0.2, 0) is 31.8 Å². The van der Waals surface area contributed by atoms with Crippen LogP contribution in [0, 0.1) is 11.3 Å². The number of ether oxygens (including phenoxy) is 1. The van der Waals surface area contributed by atoms with Gasteiger partial charge in [-0.2, -0.15) is 14.7 Å². The predicted molar refractivity (Wildman–Crippen MR) is 159 cm³/mol. The summed E-state index contributed by atoms with van der Waals surface area (Å²) in [6.45, 7) is 11.3. The Bertz CT molecular complexity index is 1630. The lowest BCUT2D eigenvalue weighted by Crippen LogP contribution is -2.65. The second kappa shape index (κ2) is 11.2. The van der Waals surface area contributed by atoms with E-state index in [1.165, 1.54) is 15.5 Å². The third-order valence-electron chi connectivity index (χ3n) is 7.94. The van der Waals surface area contributed by atoms with Gasteiger partial charge in [0.2, 0.25) is 15.9 Å². The molecule has 5 heterocycles. The minimum atomic E-state index is -3.53. The molecule has 2 aliphatic rings. The van der Waals surface area contributed by atoms with E-state index in [1.807, 2.05) is 16.8 Å². The maximum absolute atomic E-state index is 12.9. The lowest BCUT2D eigenvalue weighted by atomic mass is 9.89. The van der Waals surface area contributed by atoms with Crippen molar-refractivity contribution in [2.24, 2.45) is 0 Å². The van der Waals surface area contributed by atoms with E-state index in [1.54, 1.807) is 24.7 Å². The summed E-state index contributed by atoms with van der Waals surface area (Å²) in [4.78, 5) is 23.2. The number of sulfonamides is 1. The Kier molecular flexibility index (Phi) is 8.05. The van der Waals surface area contributed by atoms with Crippen LogP contribution in [-0.4, -0.2) is 87.3 Å². The van der Waals surface area contributed by atoms with Gasteiger partial charge < -0.3 is 14.4 Å². The summed E-state index contributed by atoms with van der Waals surface area (Å²) in [5, 5.41) is 25.3. The molecule has 0 spiro atoms. The molecule has 3 aromatic heterocycles. The van der Waals surface area contributed by atoms with Gasteiger partial charge in [-0.15, -0.1) is 0 Å². The van der Waals surface area contributed by atoms with Gasteiger partial charge in [0.1, 0.15) is 30.5 Å². The number of aliphatic hydroxyl groups is 1. The number of nitriles is 1. The Morgan fingerprint density at radius 3 is 2.62 bits per heavy atom. The first-order valence-electron chi connectivity index (χ1n) is 14.1. The van der Waals surface area contributed by atoms with Crippen molar-refractivity contribution < 1.29 is 23.1 Å². The van der Waals surface area contributed by atoms with Gasteiger partial charge in [-0.05, 0) is 26.0 Å². The van der Waals surface area contributed by atoms with Crippen molar-refractivity contribution in [2.75, 3.05) is 24.6 Å². The highest BCUT2D eigenvalue weighted by molar-refractivity contribution is 7.89. The average Bonchev–Trinajstić information content (AvgIpc) is 3.60. The zero-order valence-electron chi connectivity index (χ0n) is 24.7. The van der Waals surface area contributed by atoms with Gasteiger partial charge in [0.15, 0.2) is 5.82 Å². The molecule has 0 radical (unpaired) electrons. The molecule has 0 aliphatic carbocycles. The zero-order valence-corrected chi connectivity index (χ0v) is 26.5. The topological polar surface area (TPSA) is 159 Å². The molecular weight excluding hydrogens is 577 g/mol. The van der Waals surface area contributed by atoms with E-state index in [9.17, 15) is 23.6 Å². The quantitative estimate of drug-likeness (QED) is 0.253. The Hall–Kier alpha value is -3.16. The van der Waals surface area contributed by atoms with Crippen molar-refractivity contribution in [3.05, 3.63) is 24.8 Å². The van der Waals surface area contributed by atoms with Crippen molar-refractivity contribution in [3.63, 3.8) is 0 Å². The number of carbonyl (C=O) groups excluding carboxylic acids is 1. The monoisotopic (exact) mass is 614 g/mol. The molecule has 0 bridgehead atoms. The van der Waals surface area contributed by atoms with Gasteiger partial charge >= 0.3 is 0 Å². The second-order valence-corrected chi connectivity index (χ2v) is 20.7. The number of fused-ring (bicyclic) bond motifs is 1. The summed E-state index contributed by atoms with van der Waals surface area (Å²) in [7, 11) is -4.76. The number of aliphatic hydroxyl groups excluding tert-OH is 1. The Balaban J connectivity index is 1.55. The second-order valence-electron chi connectivity index (χ2n) is 12.6. The van der Waals surface area contributed by atoms with Crippen LogP contribution in [0.5, 0.6) is 0 Å². The van der Waals surface area contributed by atoms with E-state index in [0.717, 1.165) is 6.04 Å². The smallest absolute Gasteiger partial charge is 0.230 e. The van der Waals surface area contributed by atoms with Crippen molar-refractivity contribution in [1.29, 1.82) is 5.26 Å². The van der Waals surface area contributed by atoms with E-state index in [4.69, 9.17) is 9.84 Å². The third kappa shape index (κ3) is 5.49. The SMILES string of the molecule is CC(C)S(=O)(=O)N1CC(CC#N)(n2cc(-c3ncnc4c3ccn4COCC[Si](C)(C)C)c(N3C(=O)CCC3O)n2)C1. The highest BCUT2D eigenvalue weighted by Crippen LogP contribution is 2.41. The van der Waals surface area contributed by atoms with E-state index >= 15 is 0 Å². The summed E-state index contributed by atoms with van der Waals surface area (Å²) in [6.07, 6.45) is 4.39. The van der Waals surface area contributed by atoms with E-state index in [-0.39, 0.29) is 44.1 Å². The van der Waals surface area contributed by atoms with E-state index in [0.29, 0.717) is 35.6 Å². The van der Waals surface area contributed by atoms with Gasteiger partial charge in [0.05, 0.1) is 29.0 Å². The number of amides is 1. The summed E-state index contributed by atoms with van der Waals surface area (Å²) in [5.74, 6) is -0.0637. The molecule has 0 aromatic carbocycles. The van der Waals surface area contributed by atoms with Crippen LogP contribution in [0.1, 0.15) is 33.1 Å². The maximum atomic E-state index is 12.9. The zero-order chi connectivity index (χ0) is 30.4. The number of hydrogen-bond donors (Lipinski definition) is 1. The van der Waals surface area contributed by atoms with Gasteiger partial charge in [-0.3, -0.25) is 14.4 Å². The predicted octanol–water partition coefficient (Wildman–Crippen LogP) is 2.72. The van der Waals surface area contributed by atoms with E-state index in [2.05, 4.69) is 35.7 Å². The van der Waals surface area contributed by atoms with Gasteiger partial charge in [-0.25, -0.2) is 18.4 Å². The summed E-state index contributed by atoms with van der Waals surface area (Å²) in [5.41, 5.74) is 0.702. The van der Waals surface area contributed by atoms with Gasteiger partial charge in [0.25, 0.3) is 0 Å². The Morgan fingerprint density at radius 2 is 2.00 bits per heavy atom. The molecule has 226 valence electrons. The molecule has 1 unspecified atom stereocenters. The molecule has 1 amide bonds. The summed E-state index contributed by atoms with van der Waals surface area (Å²) >= 11 is 0. The molecule has 2 aliphatic heterocycles. The third-order valence-corrected chi connectivity index (χ3v) is 11.8. The standard InChI is InChI=1S/C27H38N8O5SSi/c1-19(2)41(38,39)33-15-27(16-33,9-10-28)34-14-21(26(31-34)35-22(36)6-7-23(35)37)24-20-8-11-32(25(20)30-17-29-24)18-40-12-13-42(3,4)5/h8,11,14,17,19,22,36H,6-7,9,12-13,15-16,18H2,1-5H3. The fourth-order valence-electron chi connectivity index (χ4n) is 5.32. The minimum Gasteiger partial charge on any atom is -0.373 e. The first kappa shape index (κ1) is 30.3. The van der Waals surface area contributed by atoms with Crippen molar-refractivity contribution in [3.8, 4) is 17.3 Å². The number of hydrogen-bond acceptors (Lipinski definition) is 9. The lowest BCUT2D eigenvalue weighted by molar-refractivity contribution is -0.117. The van der Waals surface area contributed by atoms with Crippen molar-refractivity contribution in [2.45, 2.75) is 82.5 Å². The first-order valence-corrected chi connectivity index (χ1v) is 19.3. The first-order chi connectivity index (χ1) is 19.8. The normalized spacial score (nSPS) is 19.5. The molecule has 1 atom stereocenters. The lowest BCUT2D eigenvalue weighted by Gasteiger charge is -2.48. The molecule has 2 fully saturated rings. The fourth-order valence-corrected chi connectivity index (χ4v) is 7.51. The number of rotatable bonds is 11. The van der Waals surface area contributed by atoms with Crippen LogP contribution in [0.15, 0.2) is 24.8 Å². The molecule has 13 nitrogen and oxygen atoms in total. The number of anilines is 1. The highest BCUT2D eigenvalue weighted by atomic mass is 32.2. The number of nitrogens with zero attached hydrogens (tertiary/aromatic N) is 8. The van der Waals surface area contributed by atoms with Crippen molar-refractivity contribution in [1.82, 2.24) is 28.6 Å². The largest absolute Gasteiger partial charge is 0.373 e. The van der Waals surface area contributed by atoms with Crippen LogP contribution in [0.25, 0.3) is 22.3 Å². The number of carbonyl (C=O) groups is 1. The molecule has 1 N–H and O–H groups in total. The molecular formula is C27H38N8O5SSi. The van der Waals surface area contributed by atoms with Gasteiger partial charge in [-0.1, -0.05) is 19.6 Å². The molecule has 5 rings (SSSR count). The summed E-state index contributed by atoms with van der Waals surface area (Å²) < 4.78 is 36.4. The Morgan fingerprint density at radius 1 is 1.26 bits per heavy atom.